The Morgan fingerprint density at radius 2 is 2.05 bits per heavy atom. The number of nitrogens with two attached hydrogens (primary N) is 1. The zero-order chi connectivity index (χ0) is 14.5. The van der Waals surface area contributed by atoms with E-state index in [9.17, 15) is 13.2 Å². The van der Waals surface area contributed by atoms with Gasteiger partial charge in [0.2, 0.25) is 0 Å². The van der Waals surface area contributed by atoms with Crippen molar-refractivity contribution in [2.75, 3.05) is 20.3 Å². The number of halogens is 3. The number of hydrogen-bond acceptors (Lipinski definition) is 4. The maximum Gasteiger partial charge on any atom is 0.411 e. The molecule has 0 fully saturated rings. The van der Waals surface area contributed by atoms with Crippen molar-refractivity contribution < 1.29 is 22.6 Å². The lowest BCUT2D eigenvalue weighted by atomic mass is 10.0. The van der Waals surface area contributed by atoms with E-state index < -0.39 is 18.8 Å². The number of benzene rings is 1. The molecule has 0 saturated carbocycles. The smallest absolute Gasteiger partial charge is 0.411 e. The van der Waals surface area contributed by atoms with E-state index in [1.807, 2.05) is 13.0 Å². The second kappa shape index (κ2) is 6.74. The molecular weight excluding hydrogens is 261 g/mol. The zero-order valence-electron chi connectivity index (χ0n) is 10.8. The summed E-state index contributed by atoms with van der Waals surface area (Å²) in [6, 6.07) is 4.79. The number of methoxy groups -OCH3 is 1. The monoisotopic (exact) mass is 278 g/mol. The summed E-state index contributed by atoms with van der Waals surface area (Å²) in [4.78, 5) is 0. The molecule has 0 saturated heterocycles. The summed E-state index contributed by atoms with van der Waals surface area (Å²) >= 11 is 0. The van der Waals surface area contributed by atoms with Crippen LogP contribution < -0.4 is 16.0 Å². The first-order valence-corrected chi connectivity index (χ1v) is 5.62. The minimum atomic E-state index is -4.35. The molecule has 0 bridgehead atoms. The molecule has 0 amide bonds. The van der Waals surface area contributed by atoms with Crippen molar-refractivity contribution in [1.29, 1.82) is 0 Å². The summed E-state index contributed by atoms with van der Waals surface area (Å²) in [5, 5.41) is 0. The van der Waals surface area contributed by atoms with Gasteiger partial charge >= 0.3 is 6.18 Å². The highest BCUT2D eigenvalue weighted by atomic mass is 19.4. The first kappa shape index (κ1) is 15.7. The van der Waals surface area contributed by atoms with Gasteiger partial charge in [-0.15, -0.1) is 0 Å². The van der Waals surface area contributed by atoms with E-state index >= 15 is 0 Å². The molecule has 1 aromatic rings. The van der Waals surface area contributed by atoms with Gasteiger partial charge in [-0.3, -0.25) is 11.3 Å². The van der Waals surface area contributed by atoms with Crippen LogP contribution >= 0.6 is 0 Å². The predicted octanol–water partition coefficient (Wildman–Crippen LogP) is 2.09. The summed E-state index contributed by atoms with van der Waals surface area (Å²) in [6.07, 6.45) is -4.35. The number of rotatable bonds is 6. The zero-order valence-corrected chi connectivity index (χ0v) is 10.8. The summed E-state index contributed by atoms with van der Waals surface area (Å²) in [7, 11) is 1.48. The topological polar surface area (TPSA) is 56.5 Å². The number of hydrazine groups is 1. The fourth-order valence-corrected chi connectivity index (χ4v) is 1.65. The van der Waals surface area contributed by atoms with Crippen LogP contribution in [0.15, 0.2) is 18.2 Å². The van der Waals surface area contributed by atoms with Crippen LogP contribution in [0.25, 0.3) is 0 Å². The van der Waals surface area contributed by atoms with Crippen molar-refractivity contribution in [3.63, 3.8) is 0 Å². The number of alkyl halides is 3. The normalized spacial score (nSPS) is 13.4. The van der Waals surface area contributed by atoms with Crippen LogP contribution in [0.3, 0.4) is 0 Å². The molecule has 3 N–H and O–H groups in total. The Bertz CT molecular complexity index is 410. The Hall–Kier alpha value is -1.31. The Labute approximate surface area is 109 Å². The maximum atomic E-state index is 12.0. The molecule has 4 nitrogen and oxygen atoms in total. The lowest BCUT2D eigenvalue weighted by molar-refractivity contribution is -0.175. The van der Waals surface area contributed by atoms with Gasteiger partial charge in [-0.2, -0.15) is 13.2 Å². The van der Waals surface area contributed by atoms with Crippen LogP contribution in [0.1, 0.15) is 17.2 Å². The average Bonchev–Trinajstić information content (AvgIpc) is 2.33. The minimum Gasteiger partial charge on any atom is -0.496 e. The largest absolute Gasteiger partial charge is 0.496 e. The van der Waals surface area contributed by atoms with Crippen LogP contribution in [0.4, 0.5) is 13.2 Å². The fraction of sp³-hybridized carbons (Fsp3) is 0.500. The van der Waals surface area contributed by atoms with E-state index in [2.05, 4.69) is 10.2 Å². The SMILES string of the molecule is COc1ccc(C)cc1C(COCC(F)(F)F)NN. The number of aryl methyl sites for hydroxylation is 1. The van der Waals surface area contributed by atoms with E-state index in [1.54, 1.807) is 12.1 Å². The Balaban J connectivity index is 2.76. The fourth-order valence-electron chi connectivity index (χ4n) is 1.65. The highest BCUT2D eigenvalue weighted by molar-refractivity contribution is 5.39. The summed E-state index contributed by atoms with van der Waals surface area (Å²) in [5.74, 6) is 5.91. The minimum absolute atomic E-state index is 0.199. The second-order valence-electron chi connectivity index (χ2n) is 4.09. The lowest BCUT2D eigenvalue weighted by Gasteiger charge is -2.20. The molecule has 0 spiro atoms. The number of ether oxygens (including phenoxy) is 2. The predicted molar refractivity (Wildman–Crippen MR) is 64.7 cm³/mol. The van der Waals surface area contributed by atoms with E-state index in [0.717, 1.165) is 5.56 Å². The summed E-state index contributed by atoms with van der Waals surface area (Å²) < 4.78 is 45.8. The first-order chi connectivity index (χ1) is 8.87. The molecule has 1 rings (SSSR count). The van der Waals surface area contributed by atoms with Crippen molar-refractivity contribution in [3.8, 4) is 5.75 Å². The Kier molecular flexibility index (Phi) is 5.59. The van der Waals surface area contributed by atoms with Crippen molar-refractivity contribution in [3.05, 3.63) is 29.3 Å². The van der Waals surface area contributed by atoms with Crippen LogP contribution in [0, 0.1) is 6.92 Å². The van der Waals surface area contributed by atoms with Gasteiger partial charge in [0, 0.05) is 5.56 Å². The van der Waals surface area contributed by atoms with Crippen molar-refractivity contribution in [2.24, 2.45) is 5.84 Å². The molecule has 0 aliphatic heterocycles. The van der Waals surface area contributed by atoms with Gasteiger partial charge in [0.15, 0.2) is 0 Å². The molecule has 1 atom stereocenters. The van der Waals surface area contributed by atoms with Gasteiger partial charge in [-0.25, -0.2) is 0 Å². The highest BCUT2D eigenvalue weighted by Crippen LogP contribution is 2.26. The highest BCUT2D eigenvalue weighted by Gasteiger charge is 2.28. The van der Waals surface area contributed by atoms with Gasteiger partial charge in [0.05, 0.1) is 19.8 Å². The third-order valence-corrected chi connectivity index (χ3v) is 2.51. The van der Waals surface area contributed by atoms with Gasteiger partial charge in [-0.05, 0) is 13.0 Å². The third-order valence-electron chi connectivity index (χ3n) is 2.51. The summed E-state index contributed by atoms with van der Waals surface area (Å²) in [6.45, 7) is 0.363. The lowest BCUT2D eigenvalue weighted by Crippen LogP contribution is -2.33. The second-order valence-corrected chi connectivity index (χ2v) is 4.09. The van der Waals surface area contributed by atoms with Crippen molar-refractivity contribution in [2.45, 2.75) is 19.1 Å². The molecule has 0 aliphatic carbocycles. The van der Waals surface area contributed by atoms with Gasteiger partial charge in [0.1, 0.15) is 12.4 Å². The molecule has 0 radical (unpaired) electrons. The number of nitrogens with one attached hydrogen (secondary N) is 1. The molecule has 1 aromatic carbocycles. The van der Waals surface area contributed by atoms with Crippen molar-refractivity contribution in [1.82, 2.24) is 5.43 Å². The summed E-state index contributed by atoms with van der Waals surface area (Å²) in [5.41, 5.74) is 4.04. The van der Waals surface area contributed by atoms with Gasteiger partial charge < -0.3 is 9.47 Å². The molecule has 1 unspecified atom stereocenters. The van der Waals surface area contributed by atoms with E-state index in [1.165, 1.54) is 7.11 Å². The Morgan fingerprint density at radius 1 is 1.37 bits per heavy atom. The molecule has 0 heterocycles. The maximum absolute atomic E-state index is 12.0. The average molecular weight is 278 g/mol. The van der Waals surface area contributed by atoms with E-state index in [0.29, 0.717) is 11.3 Å². The Morgan fingerprint density at radius 3 is 2.58 bits per heavy atom. The molecular formula is C12H17F3N2O2. The molecule has 0 aromatic heterocycles. The standard InChI is InChI=1S/C12H17F3N2O2/c1-8-3-4-11(18-2)9(5-8)10(17-16)6-19-7-12(13,14)15/h3-5,10,17H,6-7,16H2,1-2H3. The molecule has 108 valence electrons. The molecule has 19 heavy (non-hydrogen) atoms. The van der Waals surface area contributed by atoms with Gasteiger partial charge in [-0.1, -0.05) is 17.7 Å². The number of hydrogen-bond donors (Lipinski definition) is 2. The van der Waals surface area contributed by atoms with Crippen LogP contribution in [-0.4, -0.2) is 26.5 Å². The van der Waals surface area contributed by atoms with E-state index in [-0.39, 0.29) is 6.61 Å². The van der Waals surface area contributed by atoms with Crippen molar-refractivity contribution >= 4 is 0 Å². The molecule has 7 heteroatoms. The quantitative estimate of drug-likeness (QED) is 0.618. The van der Waals surface area contributed by atoms with Crippen LogP contribution in [-0.2, 0) is 4.74 Å². The van der Waals surface area contributed by atoms with Gasteiger partial charge in [0.25, 0.3) is 0 Å². The third kappa shape index (κ3) is 5.06. The molecule has 0 aliphatic rings. The van der Waals surface area contributed by atoms with E-state index in [4.69, 9.17) is 10.6 Å². The first-order valence-electron chi connectivity index (χ1n) is 5.62. The van der Waals surface area contributed by atoms with Crippen LogP contribution in [0.5, 0.6) is 5.75 Å². The van der Waals surface area contributed by atoms with Crippen LogP contribution in [0.2, 0.25) is 0 Å².